The lowest BCUT2D eigenvalue weighted by atomic mass is 9.84. The third kappa shape index (κ3) is 5.96. The fourth-order valence-corrected chi connectivity index (χ4v) is 6.71. The first-order valence-electron chi connectivity index (χ1n) is 11.9. The van der Waals surface area contributed by atoms with E-state index in [0.29, 0.717) is 23.0 Å². The Morgan fingerprint density at radius 1 is 1.14 bits per heavy atom. The Hall–Kier alpha value is -2.63. The monoisotopic (exact) mass is 518 g/mol. The van der Waals surface area contributed by atoms with E-state index in [1.165, 1.54) is 53.8 Å². The molecule has 1 aromatic carbocycles. The number of benzene rings is 1. The number of anilines is 1. The molecule has 2 fully saturated rings. The SMILES string of the molecule is CC(=O)c1ccc(S(=O)(=O)N2CCN([C@@H](CC3CCCCC3)C(=O)Nc3nccs3)C(=O)C2)cc1. The number of thiazole rings is 1. The van der Waals surface area contributed by atoms with Crippen LogP contribution < -0.4 is 5.32 Å². The number of Topliss-reactive ketones (excluding diaryl/α,β-unsaturated/α-hetero) is 1. The number of piperazine rings is 1. The van der Waals surface area contributed by atoms with E-state index in [-0.39, 0.29) is 36.2 Å². The molecule has 2 aliphatic rings. The normalized spacial score (nSPS) is 18.9. The van der Waals surface area contributed by atoms with Gasteiger partial charge in [-0.15, -0.1) is 11.3 Å². The van der Waals surface area contributed by atoms with E-state index in [9.17, 15) is 22.8 Å². The predicted octanol–water partition coefficient (Wildman–Crippen LogP) is 3.16. The second kappa shape index (κ2) is 11.0. The van der Waals surface area contributed by atoms with Crippen molar-refractivity contribution >= 4 is 44.1 Å². The topological polar surface area (TPSA) is 117 Å². The van der Waals surface area contributed by atoms with Crippen LogP contribution in [0, 0.1) is 5.92 Å². The fourth-order valence-electron chi connectivity index (χ4n) is 4.80. The first kappa shape index (κ1) is 25.5. The van der Waals surface area contributed by atoms with Crippen molar-refractivity contribution in [3.63, 3.8) is 0 Å². The summed E-state index contributed by atoms with van der Waals surface area (Å²) in [5.41, 5.74) is 0.418. The van der Waals surface area contributed by atoms with Crippen molar-refractivity contribution in [2.45, 2.75) is 56.4 Å². The molecule has 35 heavy (non-hydrogen) atoms. The Kier molecular flexibility index (Phi) is 7.98. The van der Waals surface area contributed by atoms with Gasteiger partial charge in [0.15, 0.2) is 10.9 Å². The zero-order valence-electron chi connectivity index (χ0n) is 19.7. The van der Waals surface area contributed by atoms with Crippen LogP contribution in [0.2, 0.25) is 0 Å². The van der Waals surface area contributed by atoms with Gasteiger partial charge in [0.2, 0.25) is 21.8 Å². The molecule has 0 unspecified atom stereocenters. The molecule has 1 aliphatic heterocycles. The summed E-state index contributed by atoms with van der Waals surface area (Å²) in [4.78, 5) is 43.6. The summed E-state index contributed by atoms with van der Waals surface area (Å²) in [5.74, 6) is -0.479. The molecule has 1 atom stereocenters. The van der Waals surface area contributed by atoms with Crippen LogP contribution in [-0.2, 0) is 19.6 Å². The van der Waals surface area contributed by atoms with Gasteiger partial charge in [0.1, 0.15) is 6.04 Å². The number of rotatable bonds is 8. The van der Waals surface area contributed by atoms with Crippen LogP contribution >= 0.6 is 11.3 Å². The molecule has 0 spiro atoms. The number of hydrogen-bond acceptors (Lipinski definition) is 7. The first-order valence-corrected chi connectivity index (χ1v) is 14.2. The number of sulfonamides is 1. The highest BCUT2D eigenvalue weighted by molar-refractivity contribution is 7.89. The Bertz CT molecular complexity index is 1160. The van der Waals surface area contributed by atoms with Crippen molar-refractivity contribution in [2.24, 2.45) is 5.92 Å². The van der Waals surface area contributed by atoms with Gasteiger partial charge >= 0.3 is 0 Å². The highest BCUT2D eigenvalue weighted by Crippen LogP contribution is 2.30. The molecule has 0 radical (unpaired) electrons. The lowest BCUT2D eigenvalue weighted by Gasteiger charge is -2.39. The van der Waals surface area contributed by atoms with Crippen LogP contribution in [-0.4, -0.2) is 65.9 Å². The van der Waals surface area contributed by atoms with Gasteiger partial charge in [0.05, 0.1) is 11.4 Å². The zero-order valence-corrected chi connectivity index (χ0v) is 21.3. The minimum absolute atomic E-state index is 0.0315. The van der Waals surface area contributed by atoms with E-state index < -0.39 is 22.0 Å². The van der Waals surface area contributed by atoms with Gasteiger partial charge in [0.25, 0.3) is 0 Å². The number of carbonyl (C=O) groups excluding carboxylic acids is 3. The highest BCUT2D eigenvalue weighted by atomic mass is 32.2. The second-order valence-electron chi connectivity index (χ2n) is 9.09. The van der Waals surface area contributed by atoms with Gasteiger partial charge in [-0.1, -0.05) is 44.2 Å². The molecular formula is C24H30N4O5S2. The third-order valence-electron chi connectivity index (χ3n) is 6.74. The van der Waals surface area contributed by atoms with Gasteiger partial charge in [0, 0.05) is 30.2 Å². The van der Waals surface area contributed by atoms with Crippen LogP contribution in [0.25, 0.3) is 0 Å². The molecule has 1 aromatic heterocycles. The average molecular weight is 519 g/mol. The van der Waals surface area contributed by atoms with Crippen LogP contribution in [0.5, 0.6) is 0 Å². The Morgan fingerprint density at radius 2 is 1.86 bits per heavy atom. The van der Waals surface area contributed by atoms with E-state index in [1.54, 1.807) is 11.6 Å². The quantitative estimate of drug-likeness (QED) is 0.537. The van der Waals surface area contributed by atoms with Crippen molar-refractivity contribution in [3.8, 4) is 0 Å². The number of amides is 2. The minimum Gasteiger partial charge on any atom is -0.328 e. The molecule has 188 valence electrons. The summed E-state index contributed by atoms with van der Waals surface area (Å²) < 4.78 is 27.4. The summed E-state index contributed by atoms with van der Waals surface area (Å²) in [6.07, 6.45) is 7.65. The van der Waals surface area contributed by atoms with E-state index in [1.807, 2.05) is 0 Å². The molecule has 9 nitrogen and oxygen atoms in total. The Balaban J connectivity index is 1.49. The molecule has 4 rings (SSSR count). The number of nitrogens with one attached hydrogen (secondary N) is 1. The van der Waals surface area contributed by atoms with E-state index >= 15 is 0 Å². The van der Waals surface area contributed by atoms with E-state index in [2.05, 4.69) is 10.3 Å². The molecule has 2 aromatic rings. The molecular weight excluding hydrogens is 488 g/mol. The van der Waals surface area contributed by atoms with Crippen molar-refractivity contribution in [1.82, 2.24) is 14.2 Å². The van der Waals surface area contributed by atoms with Crippen LogP contribution in [0.1, 0.15) is 55.8 Å². The standard InChI is InChI=1S/C24H30N4O5S2/c1-17(29)19-7-9-20(10-8-19)35(32,33)27-12-13-28(22(30)16-27)21(15-18-5-3-2-4-6-18)23(31)26-24-25-11-14-34-24/h7-11,14,18,21H,2-6,12-13,15-16H2,1H3,(H,25,26,31)/t21-/m0/s1. The summed E-state index contributed by atoms with van der Waals surface area (Å²) in [7, 11) is -3.91. The van der Waals surface area contributed by atoms with Crippen molar-refractivity contribution < 1.29 is 22.8 Å². The zero-order chi connectivity index (χ0) is 25.0. The smallest absolute Gasteiger partial charge is 0.248 e. The number of nitrogens with zero attached hydrogens (tertiary/aromatic N) is 3. The fraction of sp³-hybridized carbons (Fsp3) is 0.500. The molecule has 1 saturated carbocycles. The number of carbonyl (C=O) groups is 3. The maximum absolute atomic E-state index is 13.2. The van der Waals surface area contributed by atoms with Gasteiger partial charge in [-0.25, -0.2) is 13.4 Å². The van der Waals surface area contributed by atoms with E-state index in [4.69, 9.17) is 0 Å². The lowest BCUT2D eigenvalue weighted by Crippen LogP contribution is -2.58. The average Bonchev–Trinajstić information content (AvgIpc) is 3.36. The van der Waals surface area contributed by atoms with Crippen molar-refractivity contribution in [2.75, 3.05) is 25.0 Å². The molecule has 2 amide bonds. The van der Waals surface area contributed by atoms with Crippen molar-refractivity contribution in [1.29, 1.82) is 0 Å². The largest absolute Gasteiger partial charge is 0.328 e. The molecule has 0 bridgehead atoms. The molecule has 2 heterocycles. The number of hydrogen-bond donors (Lipinski definition) is 1. The van der Waals surface area contributed by atoms with Gasteiger partial charge < -0.3 is 10.2 Å². The second-order valence-corrected chi connectivity index (χ2v) is 11.9. The summed E-state index contributed by atoms with van der Waals surface area (Å²) in [5, 5.41) is 5.07. The van der Waals surface area contributed by atoms with Crippen molar-refractivity contribution in [3.05, 3.63) is 41.4 Å². The molecule has 1 saturated heterocycles. The Labute approximate surface area is 209 Å². The Morgan fingerprint density at radius 3 is 2.46 bits per heavy atom. The van der Waals surface area contributed by atoms with E-state index in [0.717, 1.165) is 30.0 Å². The van der Waals surface area contributed by atoms with Gasteiger partial charge in [-0.2, -0.15) is 4.31 Å². The molecule has 1 aliphatic carbocycles. The number of aromatic nitrogens is 1. The van der Waals surface area contributed by atoms with Gasteiger partial charge in [-0.3, -0.25) is 14.4 Å². The van der Waals surface area contributed by atoms with Crippen LogP contribution in [0.15, 0.2) is 40.7 Å². The maximum atomic E-state index is 13.2. The van der Waals surface area contributed by atoms with Crippen LogP contribution in [0.4, 0.5) is 5.13 Å². The molecule has 11 heteroatoms. The summed E-state index contributed by atoms with van der Waals surface area (Å²) >= 11 is 1.31. The highest BCUT2D eigenvalue weighted by Gasteiger charge is 2.39. The summed E-state index contributed by atoms with van der Waals surface area (Å²) in [6, 6.07) is 5.04. The predicted molar refractivity (Wildman–Crippen MR) is 133 cm³/mol. The molecule has 1 N–H and O–H groups in total. The lowest BCUT2D eigenvalue weighted by molar-refractivity contribution is -0.142. The minimum atomic E-state index is -3.91. The summed E-state index contributed by atoms with van der Waals surface area (Å²) in [6.45, 7) is 1.30. The van der Waals surface area contributed by atoms with Gasteiger partial charge in [-0.05, 0) is 31.4 Å². The third-order valence-corrected chi connectivity index (χ3v) is 9.29. The maximum Gasteiger partial charge on any atom is 0.248 e. The first-order chi connectivity index (χ1) is 16.8. The number of ketones is 1. The van der Waals surface area contributed by atoms with Crippen LogP contribution in [0.3, 0.4) is 0 Å².